The van der Waals surface area contributed by atoms with Crippen LogP contribution in [0.3, 0.4) is 0 Å². The molecular weight excluding hydrogens is 404 g/mol. The van der Waals surface area contributed by atoms with Gasteiger partial charge < -0.3 is 19.7 Å². The molecule has 0 unspecified atom stereocenters. The van der Waals surface area contributed by atoms with Gasteiger partial charge in [0, 0.05) is 37.1 Å². The Morgan fingerprint density at radius 3 is 2.75 bits per heavy atom. The van der Waals surface area contributed by atoms with Crippen LogP contribution in [0.1, 0.15) is 19.0 Å². The average Bonchev–Trinajstić information content (AvgIpc) is 3.42. The van der Waals surface area contributed by atoms with E-state index in [1.807, 2.05) is 0 Å². The summed E-state index contributed by atoms with van der Waals surface area (Å²) in [6.07, 6.45) is 3.87. The van der Waals surface area contributed by atoms with Crippen LogP contribution in [0.4, 0.5) is 0 Å². The highest BCUT2D eigenvalue weighted by molar-refractivity contribution is 8.21. The predicted octanol–water partition coefficient (Wildman–Crippen LogP) is 0.334. The molecule has 3 heterocycles. The number of carbonyl (C=O) groups excluding carboxylic acids is 2. The number of H-pyrrole nitrogens is 1. The number of amides is 1. The van der Waals surface area contributed by atoms with Crippen molar-refractivity contribution in [3.05, 3.63) is 18.2 Å². The van der Waals surface area contributed by atoms with Gasteiger partial charge in [-0.15, -0.1) is 23.5 Å². The molecule has 0 saturated carbocycles. The maximum absolute atomic E-state index is 13.1. The molecule has 9 nitrogen and oxygen atoms in total. The lowest BCUT2D eigenvalue weighted by Gasteiger charge is -2.28. The number of methoxy groups -OCH3 is 1. The van der Waals surface area contributed by atoms with Crippen molar-refractivity contribution in [1.82, 2.24) is 20.2 Å². The van der Waals surface area contributed by atoms with Crippen LogP contribution in [-0.4, -0.2) is 85.2 Å². The van der Waals surface area contributed by atoms with Crippen molar-refractivity contribution < 1.29 is 24.2 Å². The van der Waals surface area contributed by atoms with E-state index in [9.17, 15) is 19.5 Å². The molecule has 1 aromatic heterocycles. The average molecular weight is 429 g/mol. The highest BCUT2D eigenvalue weighted by Gasteiger charge is 2.52. The molecule has 2 aliphatic rings. The molecule has 28 heavy (non-hydrogen) atoms. The highest BCUT2D eigenvalue weighted by Crippen LogP contribution is 2.51. The smallest absolute Gasteiger partial charge is 0.326 e. The number of carboxylic acids is 1. The molecule has 0 radical (unpaired) electrons. The Kier molecular flexibility index (Phi) is 6.56. The van der Waals surface area contributed by atoms with Crippen molar-refractivity contribution in [2.75, 3.05) is 25.2 Å². The van der Waals surface area contributed by atoms with Gasteiger partial charge >= 0.3 is 11.9 Å². The molecule has 2 aliphatic heterocycles. The first-order chi connectivity index (χ1) is 13.3. The molecule has 0 aromatic carbocycles. The third-order valence-corrected chi connectivity index (χ3v) is 8.37. The van der Waals surface area contributed by atoms with Crippen molar-refractivity contribution in [3.63, 3.8) is 0 Å². The minimum Gasteiger partial charge on any atom is -0.480 e. The molecule has 1 spiro atoms. The molecule has 1 amide bonds. The number of carboxylic acid groups (broad SMARTS) is 1. The Labute approximate surface area is 171 Å². The standard InChI is InChI=1S/C17H24N4O5S2/c1-10(20-12(16(25)26-2)5-11-7-18-9-19-11)14(22)21-8-17(27-3-4-28-17)6-13(21)15(23)24/h7,9-10,12-13,20H,3-6,8H2,1-2H3,(H,18,19)(H,23,24)/t10-,12+,13-/m0/s1. The molecule has 0 bridgehead atoms. The Morgan fingerprint density at radius 2 is 2.18 bits per heavy atom. The van der Waals surface area contributed by atoms with E-state index in [0.29, 0.717) is 18.7 Å². The van der Waals surface area contributed by atoms with Gasteiger partial charge in [0.25, 0.3) is 0 Å². The molecule has 154 valence electrons. The number of likely N-dealkylation sites (tertiary alicyclic amines) is 1. The summed E-state index contributed by atoms with van der Waals surface area (Å²) in [7, 11) is 1.28. The number of ether oxygens (including phenoxy) is 1. The first-order valence-electron chi connectivity index (χ1n) is 8.98. The van der Waals surface area contributed by atoms with Crippen LogP contribution >= 0.6 is 23.5 Å². The second-order valence-corrected chi connectivity index (χ2v) is 10.1. The molecule has 0 aliphatic carbocycles. The number of aromatic amines is 1. The summed E-state index contributed by atoms with van der Waals surface area (Å²) in [4.78, 5) is 45.3. The van der Waals surface area contributed by atoms with Gasteiger partial charge in [0.05, 0.1) is 29.3 Å². The summed E-state index contributed by atoms with van der Waals surface area (Å²) in [6, 6.07) is -2.35. The number of hydrogen-bond donors (Lipinski definition) is 3. The van der Waals surface area contributed by atoms with E-state index in [2.05, 4.69) is 15.3 Å². The Morgan fingerprint density at radius 1 is 1.46 bits per heavy atom. The van der Waals surface area contributed by atoms with Crippen LogP contribution in [0.5, 0.6) is 0 Å². The van der Waals surface area contributed by atoms with Gasteiger partial charge in [-0.2, -0.15) is 0 Å². The fraction of sp³-hybridized carbons (Fsp3) is 0.647. The molecule has 11 heteroatoms. The Balaban J connectivity index is 1.70. The van der Waals surface area contributed by atoms with E-state index in [0.717, 1.165) is 11.5 Å². The number of aliphatic carboxylic acids is 1. The van der Waals surface area contributed by atoms with Gasteiger partial charge in [-0.3, -0.25) is 14.9 Å². The molecule has 3 N–H and O–H groups in total. The van der Waals surface area contributed by atoms with Gasteiger partial charge in [-0.1, -0.05) is 0 Å². The van der Waals surface area contributed by atoms with E-state index >= 15 is 0 Å². The summed E-state index contributed by atoms with van der Waals surface area (Å²) in [6.45, 7) is 2.04. The highest BCUT2D eigenvalue weighted by atomic mass is 32.2. The molecule has 3 atom stereocenters. The van der Waals surface area contributed by atoms with Crippen molar-refractivity contribution >= 4 is 41.4 Å². The van der Waals surface area contributed by atoms with Gasteiger partial charge in [0.2, 0.25) is 5.91 Å². The lowest BCUT2D eigenvalue weighted by Crippen LogP contribution is -2.54. The number of aromatic nitrogens is 2. The van der Waals surface area contributed by atoms with Crippen molar-refractivity contribution in [2.45, 2.75) is 42.0 Å². The monoisotopic (exact) mass is 428 g/mol. The summed E-state index contributed by atoms with van der Waals surface area (Å²) in [5.74, 6) is 0.0964. The molecular formula is C17H24N4O5S2. The maximum atomic E-state index is 13.1. The third kappa shape index (κ3) is 4.47. The quantitative estimate of drug-likeness (QED) is 0.527. The number of nitrogens with one attached hydrogen (secondary N) is 2. The van der Waals surface area contributed by atoms with E-state index in [-0.39, 0.29) is 16.4 Å². The number of esters is 1. The number of nitrogens with zero attached hydrogens (tertiary/aromatic N) is 2. The van der Waals surface area contributed by atoms with Crippen molar-refractivity contribution in [3.8, 4) is 0 Å². The summed E-state index contributed by atoms with van der Waals surface area (Å²) < 4.78 is 4.60. The SMILES string of the molecule is COC(=O)[C@@H](Cc1c[nH]cn1)N[C@@H](C)C(=O)N1CC2(C[C@H]1C(=O)O)SCCS2. The summed E-state index contributed by atoms with van der Waals surface area (Å²) in [5.41, 5.74) is 0.657. The molecule has 3 rings (SSSR count). The maximum Gasteiger partial charge on any atom is 0.326 e. The fourth-order valence-electron chi connectivity index (χ4n) is 3.58. The van der Waals surface area contributed by atoms with Gasteiger partial charge in [-0.05, 0) is 6.92 Å². The molecule has 1 aromatic rings. The fourth-order valence-corrected chi connectivity index (χ4v) is 6.84. The largest absolute Gasteiger partial charge is 0.480 e. The van der Waals surface area contributed by atoms with Crippen molar-refractivity contribution in [1.29, 1.82) is 0 Å². The van der Waals surface area contributed by atoms with Crippen LogP contribution in [-0.2, 0) is 25.5 Å². The van der Waals surface area contributed by atoms with Gasteiger partial charge in [-0.25, -0.2) is 9.78 Å². The topological polar surface area (TPSA) is 125 Å². The van der Waals surface area contributed by atoms with Crippen LogP contribution in [0.25, 0.3) is 0 Å². The molecule has 2 saturated heterocycles. The van der Waals surface area contributed by atoms with E-state index in [4.69, 9.17) is 4.74 Å². The lowest BCUT2D eigenvalue weighted by atomic mass is 10.1. The van der Waals surface area contributed by atoms with E-state index in [1.165, 1.54) is 18.3 Å². The van der Waals surface area contributed by atoms with Gasteiger partial charge in [0.1, 0.15) is 12.1 Å². The summed E-state index contributed by atoms with van der Waals surface area (Å²) >= 11 is 3.46. The Hall–Kier alpha value is -1.72. The van der Waals surface area contributed by atoms with Crippen LogP contribution in [0.2, 0.25) is 0 Å². The minimum atomic E-state index is -0.994. The predicted molar refractivity (Wildman–Crippen MR) is 106 cm³/mol. The number of hydrogen-bond acceptors (Lipinski definition) is 8. The molecule has 2 fully saturated rings. The zero-order valence-corrected chi connectivity index (χ0v) is 17.3. The number of imidazole rings is 1. The lowest BCUT2D eigenvalue weighted by molar-refractivity contribution is -0.149. The second-order valence-electron chi connectivity index (χ2n) is 6.86. The van der Waals surface area contributed by atoms with Crippen LogP contribution in [0, 0.1) is 0 Å². The first kappa shape index (κ1) is 21.0. The van der Waals surface area contributed by atoms with Crippen molar-refractivity contribution in [2.24, 2.45) is 0 Å². The Bertz CT molecular complexity index is 723. The zero-order chi connectivity index (χ0) is 20.3. The van der Waals surface area contributed by atoms with Crippen LogP contribution < -0.4 is 5.32 Å². The number of rotatable bonds is 7. The normalized spacial score (nSPS) is 22.9. The summed E-state index contributed by atoms with van der Waals surface area (Å²) in [5, 5.41) is 12.6. The number of thioether (sulfide) groups is 2. The van der Waals surface area contributed by atoms with Crippen LogP contribution in [0.15, 0.2) is 12.5 Å². The number of carbonyl (C=O) groups is 3. The second kappa shape index (κ2) is 8.75. The first-order valence-corrected chi connectivity index (χ1v) is 10.9. The third-order valence-electron chi connectivity index (χ3n) is 4.95. The van der Waals surface area contributed by atoms with E-state index in [1.54, 1.807) is 36.6 Å². The van der Waals surface area contributed by atoms with E-state index < -0.39 is 30.1 Å². The minimum absolute atomic E-state index is 0.241. The van der Waals surface area contributed by atoms with Gasteiger partial charge in [0.15, 0.2) is 0 Å². The zero-order valence-electron chi connectivity index (χ0n) is 15.7.